The fourth-order valence-corrected chi connectivity index (χ4v) is 1.77. The fourth-order valence-electron chi connectivity index (χ4n) is 1.59. The summed E-state index contributed by atoms with van der Waals surface area (Å²) in [6, 6.07) is 7.71. The van der Waals surface area contributed by atoms with Crippen molar-refractivity contribution in [1.29, 1.82) is 0 Å². The molecule has 1 atom stereocenters. The molecule has 0 aliphatic rings. The molecule has 0 fully saturated rings. The lowest BCUT2D eigenvalue weighted by Crippen LogP contribution is -2.37. The van der Waals surface area contributed by atoms with Crippen LogP contribution in [-0.2, 0) is 0 Å². The normalized spacial score (nSPS) is 12.9. The number of aliphatic hydroxyl groups excluding tert-OH is 1. The summed E-state index contributed by atoms with van der Waals surface area (Å²) in [5.74, 6) is 0.677. The van der Waals surface area contributed by atoms with Gasteiger partial charge in [-0.05, 0) is 39.1 Å². The smallest absolute Gasteiger partial charge is 0.120 e. The van der Waals surface area contributed by atoms with Gasteiger partial charge < -0.3 is 20.1 Å². The van der Waals surface area contributed by atoms with Crippen molar-refractivity contribution in [2.75, 3.05) is 33.3 Å². The molecule has 2 N–H and O–H groups in total. The van der Waals surface area contributed by atoms with Crippen LogP contribution in [0.25, 0.3) is 0 Å². The Kier molecular flexibility index (Phi) is 7.92. The van der Waals surface area contributed by atoms with E-state index < -0.39 is 6.10 Å². The van der Waals surface area contributed by atoms with Gasteiger partial charge in [-0.1, -0.05) is 17.7 Å². The van der Waals surface area contributed by atoms with Crippen LogP contribution in [0.1, 0.15) is 13.8 Å². The van der Waals surface area contributed by atoms with Crippen LogP contribution in [0.3, 0.4) is 0 Å². The maximum Gasteiger partial charge on any atom is 0.120 e. The Morgan fingerprint density at radius 1 is 1.40 bits per heavy atom. The van der Waals surface area contributed by atoms with E-state index in [1.165, 1.54) is 0 Å². The summed E-state index contributed by atoms with van der Waals surface area (Å²) < 4.78 is 5.48. The zero-order valence-electron chi connectivity index (χ0n) is 12.5. The highest BCUT2D eigenvalue weighted by atomic mass is 35.5. The van der Waals surface area contributed by atoms with Gasteiger partial charge in [-0.15, -0.1) is 0 Å². The van der Waals surface area contributed by atoms with E-state index in [0.29, 0.717) is 23.4 Å². The molecule has 0 aliphatic carbocycles. The van der Waals surface area contributed by atoms with Gasteiger partial charge in [0.25, 0.3) is 0 Å². The number of benzene rings is 1. The Hall–Kier alpha value is -0.810. The summed E-state index contributed by atoms with van der Waals surface area (Å²) in [5.41, 5.74) is 0. The minimum absolute atomic E-state index is 0.257. The van der Waals surface area contributed by atoms with Crippen LogP contribution in [-0.4, -0.2) is 55.4 Å². The molecule has 0 saturated carbocycles. The quantitative estimate of drug-likeness (QED) is 0.685. The molecule has 0 spiro atoms. The van der Waals surface area contributed by atoms with E-state index in [9.17, 15) is 5.11 Å². The monoisotopic (exact) mass is 300 g/mol. The molecule has 0 radical (unpaired) electrons. The Labute approximate surface area is 126 Å². The first-order chi connectivity index (χ1) is 9.49. The average molecular weight is 301 g/mol. The summed E-state index contributed by atoms with van der Waals surface area (Å²) in [7, 11) is 2.09. The van der Waals surface area contributed by atoms with Crippen molar-refractivity contribution in [3.05, 3.63) is 29.3 Å². The van der Waals surface area contributed by atoms with Crippen LogP contribution in [0.5, 0.6) is 5.75 Å². The number of likely N-dealkylation sites (N-methyl/N-ethyl adjacent to an activating group) is 1. The SMILES string of the molecule is CC(C)N(C)CCNCC(O)COc1cccc(Cl)c1. The highest BCUT2D eigenvalue weighted by Gasteiger charge is 2.06. The molecule has 1 unspecified atom stereocenters. The van der Waals surface area contributed by atoms with Gasteiger partial charge in [-0.25, -0.2) is 0 Å². The Morgan fingerprint density at radius 3 is 2.80 bits per heavy atom. The van der Waals surface area contributed by atoms with Crippen LogP contribution in [0.2, 0.25) is 5.02 Å². The van der Waals surface area contributed by atoms with Crippen LogP contribution >= 0.6 is 11.6 Å². The number of halogens is 1. The van der Waals surface area contributed by atoms with Crippen molar-refractivity contribution in [3.63, 3.8) is 0 Å². The average Bonchev–Trinajstić information content (AvgIpc) is 2.41. The van der Waals surface area contributed by atoms with Gasteiger partial charge >= 0.3 is 0 Å². The molecule has 0 aliphatic heterocycles. The first-order valence-corrected chi connectivity index (χ1v) is 7.34. The molecular formula is C15H25ClN2O2. The fraction of sp³-hybridized carbons (Fsp3) is 0.600. The largest absolute Gasteiger partial charge is 0.491 e. The van der Waals surface area contributed by atoms with Crippen molar-refractivity contribution in [2.24, 2.45) is 0 Å². The topological polar surface area (TPSA) is 44.7 Å². The standard InChI is InChI=1S/C15H25ClN2O2/c1-12(2)18(3)8-7-17-10-14(19)11-20-15-6-4-5-13(16)9-15/h4-6,9,12,14,17,19H,7-8,10-11H2,1-3H3. The van der Waals surface area contributed by atoms with E-state index in [0.717, 1.165) is 13.1 Å². The number of rotatable bonds is 9. The molecule has 0 aromatic heterocycles. The third-order valence-electron chi connectivity index (χ3n) is 3.14. The van der Waals surface area contributed by atoms with Gasteiger partial charge in [0.15, 0.2) is 0 Å². The maximum absolute atomic E-state index is 9.82. The van der Waals surface area contributed by atoms with Crippen molar-refractivity contribution in [3.8, 4) is 5.75 Å². The van der Waals surface area contributed by atoms with Crippen molar-refractivity contribution < 1.29 is 9.84 Å². The lowest BCUT2D eigenvalue weighted by Gasteiger charge is -2.21. The number of nitrogens with zero attached hydrogens (tertiary/aromatic N) is 1. The van der Waals surface area contributed by atoms with Gasteiger partial charge in [0, 0.05) is 30.7 Å². The van der Waals surface area contributed by atoms with E-state index >= 15 is 0 Å². The second kappa shape index (κ2) is 9.19. The van der Waals surface area contributed by atoms with Gasteiger partial charge in [0.05, 0.1) is 0 Å². The second-order valence-electron chi connectivity index (χ2n) is 5.20. The minimum atomic E-state index is -0.529. The molecule has 20 heavy (non-hydrogen) atoms. The third-order valence-corrected chi connectivity index (χ3v) is 3.38. The number of aliphatic hydroxyl groups is 1. The zero-order valence-corrected chi connectivity index (χ0v) is 13.2. The summed E-state index contributed by atoms with van der Waals surface area (Å²) >= 11 is 5.86. The Bertz CT molecular complexity index is 388. The molecule has 5 heteroatoms. The molecule has 1 aromatic carbocycles. The first-order valence-electron chi connectivity index (χ1n) is 6.96. The van der Waals surface area contributed by atoms with Crippen molar-refractivity contribution >= 4 is 11.6 Å². The van der Waals surface area contributed by atoms with E-state index in [2.05, 4.69) is 31.1 Å². The zero-order chi connectivity index (χ0) is 15.0. The first kappa shape index (κ1) is 17.2. The minimum Gasteiger partial charge on any atom is -0.491 e. The second-order valence-corrected chi connectivity index (χ2v) is 5.64. The molecule has 1 rings (SSSR count). The van der Waals surface area contributed by atoms with Crippen LogP contribution in [0.4, 0.5) is 0 Å². The number of nitrogens with one attached hydrogen (secondary N) is 1. The summed E-state index contributed by atoms with van der Waals surface area (Å²) in [5, 5.41) is 13.7. The van der Waals surface area contributed by atoms with E-state index in [4.69, 9.17) is 16.3 Å². The third kappa shape index (κ3) is 7.10. The molecule has 0 saturated heterocycles. The lowest BCUT2D eigenvalue weighted by atomic mass is 10.3. The van der Waals surface area contributed by atoms with Crippen LogP contribution in [0, 0.1) is 0 Å². The molecule has 4 nitrogen and oxygen atoms in total. The molecule has 114 valence electrons. The van der Waals surface area contributed by atoms with Crippen LogP contribution in [0.15, 0.2) is 24.3 Å². The van der Waals surface area contributed by atoms with Gasteiger partial charge in [-0.3, -0.25) is 0 Å². The van der Waals surface area contributed by atoms with E-state index in [1.807, 2.05) is 12.1 Å². The van der Waals surface area contributed by atoms with E-state index in [-0.39, 0.29) is 6.61 Å². The predicted octanol–water partition coefficient (Wildman–Crippen LogP) is 2.01. The Morgan fingerprint density at radius 2 is 2.15 bits per heavy atom. The Balaban J connectivity index is 2.13. The summed E-state index contributed by atoms with van der Waals surface area (Å²) in [6.45, 7) is 6.91. The van der Waals surface area contributed by atoms with E-state index in [1.54, 1.807) is 12.1 Å². The summed E-state index contributed by atoms with van der Waals surface area (Å²) in [6.07, 6.45) is -0.529. The molecule has 0 bridgehead atoms. The van der Waals surface area contributed by atoms with Crippen molar-refractivity contribution in [2.45, 2.75) is 26.0 Å². The van der Waals surface area contributed by atoms with Gasteiger partial charge in [-0.2, -0.15) is 0 Å². The summed E-state index contributed by atoms with van der Waals surface area (Å²) in [4.78, 5) is 2.25. The van der Waals surface area contributed by atoms with Gasteiger partial charge in [0.2, 0.25) is 0 Å². The van der Waals surface area contributed by atoms with Gasteiger partial charge in [0.1, 0.15) is 18.5 Å². The number of ether oxygens (including phenoxy) is 1. The molecule has 0 heterocycles. The molecule has 0 amide bonds. The number of hydrogen-bond donors (Lipinski definition) is 2. The number of hydrogen-bond acceptors (Lipinski definition) is 4. The highest BCUT2D eigenvalue weighted by molar-refractivity contribution is 6.30. The predicted molar refractivity (Wildman–Crippen MR) is 83.6 cm³/mol. The lowest BCUT2D eigenvalue weighted by molar-refractivity contribution is 0.105. The van der Waals surface area contributed by atoms with Crippen molar-refractivity contribution in [1.82, 2.24) is 10.2 Å². The molecular weight excluding hydrogens is 276 g/mol. The van der Waals surface area contributed by atoms with Crippen LogP contribution < -0.4 is 10.1 Å². The maximum atomic E-state index is 9.82. The highest BCUT2D eigenvalue weighted by Crippen LogP contribution is 2.17. The molecule has 1 aromatic rings.